The summed E-state index contributed by atoms with van der Waals surface area (Å²) in [6.45, 7) is -0.498. The van der Waals surface area contributed by atoms with Crippen LogP contribution in [0.15, 0.2) is 66.7 Å². The Hall–Kier alpha value is -4.33. The van der Waals surface area contributed by atoms with Crippen molar-refractivity contribution < 1.29 is 33.3 Å². The molecule has 8 heteroatoms. The van der Waals surface area contributed by atoms with Gasteiger partial charge in [-0.1, -0.05) is 24.3 Å². The molecule has 0 aliphatic carbocycles. The van der Waals surface area contributed by atoms with E-state index in [9.17, 15) is 14.4 Å². The highest BCUT2D eigenvalue weighted by molar-refractivity contribution is 6.04. The number of benzene rings is 3. The summed E-state index contributed by atoms with van der Waals surface area (Å²) < 4.78 is 20.7. The lowest BCUT2D eigenvalue weighted by Gasteiger charge is -2.12. The van der Waals surface area contributed by atoms with Gasteiger partial charge in [0.15, 0.2) is 6.61 Å². The van der Waals surface area contributed by atoms with Gasteiger partial charge < -0.3 is 24.3 Å². The van der Waals surface area contributed by atoms with Gasteiger partial charge in [0.1, 0.15) is 17.2 Å². The van der Waals surface area contributed by atoms with Crippen molar-refractivity contribution in [3.63, 3.8) is 0 Å². The fraction of sp³-hybridized carbons (Fsp3) is 0.222. The molecule has 182 valence electrons. The number of amides is 1. The van der Waals surface area contributed by atoms with E-state index in [-0.39, 0.29) is 23.5 Å². The van der Waals surface area contributed by atoms with Crippen molar-refractivity contribution in [3.05, 3.63) is 83.4 Å². The molecule has 1 N–H and O–H groups in total. The zero-order valence-electron chi connectivity index (χ0n) is 19.8. The summed E-state index contributed by atoms with van der Waals surface area (Å²) in [6.07, 6.45) is 0.753. The molecule has 1 amide bonds. The highest BCUT2D eigenvalue weighted by Gasteiger charge is 2.19. The van der Waals surface area contributed by atoms with Crippen molar-refractivity contribution in [2.45, 2.75) is 12.8 Å². The minimum atomic E-state index is -0.730. The molecule has 0 saturated carbocycles. The van der Waals surface area contributed by atoms with Crippen LogP contribution in [0.2, 0.25) is 0 Å². The Kier molecular flexibility index (Phi) is 8.83. The Bertz CT molecular complexity index is 1190. The molecule has 3 aromatic rings. The molecule has 3 aromatic carbocycles. The summed E-state index contributed by atoms with van der Waals surface area (Å²) in [5.41, 5.74) is 1.68. The van der Waals surface area contributed by atoms with Crippen molar-refractivity contribution in [1.82, 2.24) is 0 Å². The third-order valence-corrected chi connectivity index (χ3v) is 5.26. The first-order chi connectivity index (χ1) is 16.9. The Morgan fingerprint density at radius 1 is 0.771 bits per heavy atom. The van der Waals surface area contributed by atoms with Crippen molar-refractivity contribution in [2.24, 2.45) is 0 Å². The summed E-state index contributed by atoms with van der Waals surface area (Å²) in [6, 6.07) is 18.7. The Morgan fingerprint density at radius 3 is 2.14 bits per heavy atom. The zero-order valence-corrected chi connectivity index (χ0v) is 19.8. The number of rotatable bonds is 11. The number of carbonyl (C=O) groups is 3. The monoisotopic (exact) mass is 477 g/mol. The second-order valence-corrected chi connectivity index (χ2v) is 7.51. The molecular formula is C27H27NO7. The van der Waals surface area contributed by atoms with Crippen LogP contribution >= 0.6 is 0 Å². The van der Waals surface area contributed by atoms with Gasteiger partial charge in [-0.15, -0.1) is 0 Å². The van der Waals surface area contributed by atoms with Gasteiger partial charge in [-0.3, -0.25) is 9.59 Å². The Labute approximate surface area is 203 Å². The van der Waals surface area contributed by atoms with Crippen molar-refractivity contribution in [2.75, 3.05) is 33.3 Å². The molecular weight excluding hydrogens is 450 g/mol. The van der Waals surface area contributed by atoms with Gasteiger partial charge in [0.25, 0.3) is 0 Å². The number of esters is 1. The average Bonchev–Trinajstić information content (AvgIpc) is 2.90. The van der Waals surface area contributed by atoms with Crippen LogP contribution in [0.5, 0.6) is 17.2 Å². The van der Waals surface area contributed by atoms with E-state index in [0.29, 0.717) is 23.6 Å². The minimum Gasteiger partial charge on any atom is -0.497 e. The molecule has 0 atom stereocenters. The standard InChI is InChI=1S/C27H27NO7/c1-32-19-11-8-18(9-12-19)10-15-26(30)28-23-7-5-4-6-21(23)27(31)35-17-24(29)22-16-20(33-2)13-14-25(22)34-3/h4-9,11-14,16H,10,15,17H2,1-3H3,(H,28,30). The molecule has 8 nitrogen and oxygen atoms in total. The van der Waals surface area contributed by atoms with Crippen molar-refractivity contribution in [1.29, 1.82) is 0 Å². The first-order valence-electron chi connectivity index (χ1n) is 10.9. The van der Waals surface area contributed by atoms with Crippen LogP contribution < -0.4 is 19.5 Å². The topological polar surface area (TPSA) is 100 Å². The normalized spacial score (nSPS) is 10.3. The average molecular weight is 478 g/mol. The number of aryl methyl sites for hydroxylation is 1. The van der Waals surface area contributed by atoms with E-state index in [1.165, 1.54) is 26.4 Å². The van der Waals surface area contributed by atoms with Crippen LogP contribution in [-0.2, 0) is 16.0 Å². The van der Waals surface area contributed by atoms with E-state index in [0.717, 1.165) is 11.3 Å². The minimum absolute atomic E-state index is 0.149. The number of methoxy groups -OCH3 is 3. The number of para-hydroxylation sites is 1. The maximum absolute atomic E-state index is 12.7. The summed E-state index contributed by atoms with van der Waals surface area (Å²) in [5, 5.41) is 2.75. The SMILES string of the molecule is COc1ccc(CCC(=O)Nc2ccccc2C(=O)OCC(=O)c2cc(OC)ccc2OC)cc1. The number of ether oxygens (including phenoxy) is 4. The van der Waals surface area contributed by atoms with Crippen LogP contribution in [0.4, 0.5) is 5.69 Å². The summed E-state index contributed by atoms with van der Waals surface area (Å²) in [7, 11) is 4.52. The number of nitrogens with one attached hydrogen (secondary N) is 1. The molecule has 0 radical (unpaired) electrons. The highest BCUT2D eigenvalue weighted by atomic mass is 16.5. The summed E-state index contributed by atoms with van der Waals surface area (Å²) in [4.78, 5) is 37.9. The van der Waals surface area contributed by atoms with Gasteiger partial charge in [0.2, 0.25) is 11.7 Å². The van der Waals surface area contributed by atoms with E-state index >= 15 is 0 Å². The van der Waals surface area contributed by atoms with Gasteiger partial charge in [-0.2, -0.15) is 0 Å². The number of carbonyl (C=O) groups excluding carboxylic acids is 3. The molecule has 0 aromatic heterocycles. The lowest BCUT2D eigenvalue weighted by atomic mass is 10.1. The van der Waals surface area contributed by atoms with Gasteiger partial charge in [0.05, 0.1) is 38.1 Å². The van der Waals surface area contributed by atoms with Crippen LogP contribution in [0.1, 0.15) is 32.7 Å². The molecule has 0 aliphatic heterocycles. The van der Waals surface area contributed by atoms with Gasteiger partial charge in [-0.05, 0) is 54.4 Å². The van der Waals surface area contributed by atoms with Gasteiger partial charge in [0, 0.05) is 6.42 Å². The fourth-order valence-corrected chi connectivity index (χ4v) is 3.35. The Morgan fingerprint density at radius 2 is 1.46 bits per heavy atom. The molecule has 35 heavy (non-hydrogen) atoms. The number of ketones is 1. The molecule has 0 aliphatic rings. The molecule has 0 fully saturated rings. The predicted molar refractivity (Wildman–Crippen MR) is 131 cm³/mol. The fourth-order valence-electron chi connectivity index (χ4n) is 3.35. The third-order valence-electron chi connectivity index (χ3n) is 5.26. The summed E-state index contributed by atoms with van der Waals surface area (Å²) >= 11 is 0. The lowest BCUT2D eigenvalue weighted by molar-refractivity contribution is -0.116. The molecule has 0 heterocycles. The highest BCUT2D eigenvalue weighted by Crippen LogP contribution is 2.25. The lowest BCUT2D eigenvalue weighted by Crippen LogP contribution is -2.18. The number of hydrogen-bond acceptors (Lipinski definition) is 7. The predicted octanol–water partition coefficient (Wildman–Crippen LogP) is 4.32. The summed E-state index contributed by atoms with van der Waals surface area (Å²) in [5.74, 6) is 0.133. The van der Waals surface area contributed by atoms with Crippen LogP contribution in [0.25, 0.3) is 0 Å². The van der Waals surface area contributed by atoms with E-state index in [2.05, 4.69) is 5.32 Å². The Balaban J connectivity index is 1.61. The molecule has 0 unspecified atom stereocenters. The maximum Gasteiger partial charge on any atom is 0.340 e. The molecule has 0 bridgehead atoms. The van der Waals surface area contributed by atoms with Gasteiger partial charge in [-0.25, -0.2) is 4.79 Å². The van der Waals surface area contributed by atoms with E-state index in [1.807, 2.05) is 24.3 Å². The zero-order chi connectivity index (χ0) is 25.2. The molecule has 0 spiro atoms. The molecule has 0 saturated heterocycles. The second kappa shape index (κ2) is 12.2. The first-order valence-corrected chi connectivity index (χ1v) is 10.9. The van der Waals surface area contributed by atoms with Crippen LogP contribution in [0.3, 0.4) is 0 Å². The second-order valence-electron chi connectivity index (χ2n) is 7.51. The number of Topliss-reactive ketones (excluding diaryl/α,β-unsaturated/α-hetero) is 1. The van der Waals surface area contributed by atoms with Gasteiger partial charge >= 0.3 is 5.97 Å². The maximum atomic E-state index is 12.7. The van der Waals surface area contributed by atoms with Crippen LogP contribution in [0, 0.1) is 0 Å². The van der Waals surface area contributed by atoms with Crippen molar-refractivity contribution in [3.8, 4) is 17.2 Å². The first kappa shape index (κ1) is 25.3. The van der Waals surface area contributed by atoms with E-state index < -0.39 is 18.4 Å². The molecule has 3 rings (SSSR count). The van der Waals surface area contributed by atoms with E-state index in [1.54, 1.807) is 37.4 Å². The van der Waals surface area contributed by atoms with Crippen molar-refractivity contribution >= 4 is 23.3 Å². The third kappa shape index (κ3) is 6.83. The number of hydrogen-bond donors (Lipinski definition) is 1. The van der Waals surface area contributed by atoms with E-state index in [4.69, 9.17) is 18.9 Å². The quantitative estimate of drug-likeness (QED) is 0.324. The smallest absolute Gasteiger partial charge is 0.340 e. The van der Waals surface area contributed by atoms with Crippen LogP contribution in [-0.4, -0.2) is 45.6 Å². The largest absolute Gasteiger partial charge is 0.497 e. The number of anilines is 1.